The summed E-state index contributed by atoms with van der Waals surface area (Å²) in [5.41, 5.74) is 3.89. The van der Waals surface area contributed by atoms with E-state index in [-0.39, 0.29) is 12.2 Å². The lowest BCUT2D eigenvalue weighted by Crippen LogP contribution is -2.15. The number of nitrogens with one attached hydrogen (secondary N) is 1. The van der Waals surface area contributed by atoms with Crippen molar-refractivity contribution in [2.24, 2.45) is 0 Å². The molecule has 29 heavy (non-hydrogen) atoms. The highest BCUT2D eigenvalue weighted by Gasteiger charge is 2.23. The maximum atomic E-state index is 13.0. The minimum absolute atomic E-state index is 0.101. The van der Waals surface area contributed by atoms with Gasteiger partial charge in [0, 0.05) is 16.3 Å². The lowest BCUT2D eigenvalue weighted by molar-refractivity contribution is 0.0462. The minimum atomic E-state index is -0.426. The molecular formula is C22H21N3O3S. The van der Waals surface area contributed by atoms with Crippen molar-refractivity contribution in [1.82, 2.24) is 14.5 Å². The predicted molar refractivity (Wildman–Crippen MR) is 114 cm³/mol. The number of hydrogen-bond donors (Lipinski definition) is 1. The summed E-state index contributed by atoms with van der Waals surface area (Å²) in [5.74, 6) is -0.105. The molecule has 0 spiro atoms. The molecule has 0 aliphatic rings. The van der Waals surface area contributed by atoms with Crippen molar-refractivity contribution in [3.8, 4) is 5.00 Å². The van der Waals surface area contributed by atoms with Gasteiger partial charge < -0.3 is 14.3 Å². The van der Waals surface area contributed by atoms with E-state index in [0.29, 0.717) is 22.3 Å². The molecule has 6 nitrogen and oxygen atoms in total. The molecule has 1 N–H and O–H groups in total. The molecule has 4 aromatic rings. The molecule has 0 amide bonds. The first-order chi connectivity index (χ1) is 13.9. The van der Waals surface area contributed by atoms with Crippen molar-refractivity contribution in [2.45, 2.75) is 34.3 Å². The number of thiophene rings is 1. The molecule has 0 aliphatic carbocycles. The van der Waals surface area contributed by atoms with E-state index in [0.717, 1.165) is 26.8 Å². The van der Waals surface area contributed by atoms with E-state index < -0.39 is 5.97 Å². The van der Waals surface area contributed by atoms with Crippen LogP contribution in [0.5, 0.6) is 0 Å². The highest BCUT2D eigenvalue weighted by Crippen LogP contribution is 2.33. The van der Waals surface area contributed by atoms with Gasteiger partial charge in [-0.25, -0.2) is 9.78 Å². The van der Waals surface area contributed by atoms with Crippen LogP contribution in [0.25, 0.3) is 15.9 Å². The lowest BCUT2D eigenvalue weighted by atomic mass is 10.1. The fraction of sp³-hybridized carbons (Fsp3) is 0.227. The SMILES string of the molecule is Cc1sc(-n2c(C)ccc2C)c(C(=O)OCc2nc3ccccc3c(=O)[nH]2)c1C. The first kappa shape index (κ1) is 19.1. The first-order valence-corrected chi connectivity index (χ1v) is 10.1. The highest BCUT2D eigenvalue weighted by atomic mass is 32.1. The van der Waals surface area contributed by atoms with E-state index >= 15 is 0 Å². The van der Waals surface area contributed by atoms with E-state index in [4.69, 9.17) is 4.74 Å². The number of aryl methyl sites for hydroxylation is 3. The van der Waals surface area contributed by atoms with Gasteiger partial charge in [0.25, 0.3) is 5.56 Å². The molecule has 0 bridgehead atoms. The van der Waals surface area contributed by atoms with Crippen molar-refractivity contribution in [2.75, 3.05) is 0 Å². The van der Waals surface area contributed by atoms with Gasteiger partial charge in [0.2, 0.25) is 0 Å². The van der Waals surface area contributed by atoms with Crippen LogP contribution in [0.2, 0.25) is 0 Å². The van der Waals surface area contributed by atoms with Crippen molar-refractivity contribution in [3.63, 3.8) is 0 Å². The third-order valence-electron chi connectivity index (χ3n) is 5.05. The van der Waals surface area contributed by atoms with Crippen LogP contribution < -0.4 is 5.56 Å². The number of esters is 1. The first-order valence-electron chi connectivity index (χ1n) is 9.27. The van der Waals surface area contributed by atoms with Crippen LogP contribution in [-0.4, -0.2) is 20.5 Å². The summed E-state index contributed by atoms with van der Waals surface area (Å²) in [7, 11) is 0. The Morgan fingerprint density at radius 3 is 2.52 bits per heavy atom. The van der Waals surface area contributed by atoms with Gasteiger partial charge >= 0.3 is 5.97 Å². The molecule has 0 saturated heterocycles. The van der Waals surface area contributed by atoms with Crippen LogP contribution in [0.4, 0.5) is 0 Å². The molecule has 148 valence electrons. The standard InChI is InChI=1S/C22H21N3O3S/c1-12-9-10-13(2)25(12)21-19(14(3)15(4)29-21)22(27)28-11-18-23-17-8-6-5-7-16(17)20(26)24-18/h5-10H,11H2,1-4H3,(H,23,24,26). The molecule has 0 atom stereocenters. The van der Waals surface area contributed by atoms with E-state index in [9.17, 15) is 9.59 Å². The van der Waals surface area contributed by atoms with Gasteiger partial charge in [-0.05, 0) is 57.5 Å². The predicted octanol–water partition coefficient (Wildman–Crippen LogP) is 4.37. The fourth-order valence-corrected chi connectivity index (χ4v) is 4.67. The lowest BCUT2D eigenvalue weighted by Gasteiger charge is -2.11. The number of rotatable bonds is 4. The number of aromatic nitrogens is 3. The summed E-state index contributed by atoms with van der Waals surface area (Å²) in [5, 5.41) is 1.36. The van der Waals surface area contributed by atoms with Gasteiger partial charge in [0.15, 0.2) is 0 Å². The largest absolute Gasteiger partial charge is 0.454 e. The molecule has 0 fully saturated rings. The summed E-state index contributed by atoms with van der Waals surface area (Å²) < 4.78 is 7.62. The monoisotopic (exact) mass is 407 g/mol. The molecule has 4 rings (SSSR count). The number of carbonyl (C=O) groups is 1. The Labute approximate surface area is 171 Å². The Morgan fingerprint density at radius 2 is 1.79 bits per heavy atom. The molecule has 0 radical (unpaired) electrons. The number of para-hydroxylation sites is 1. The summed E-state index contributed by atoms with van der Waals surface area (Å²) in [6.07, 6.45) is 0. The third-order valence-corrected chi connectivity index (χ3v) is 6.24. The van der Waals surface area contributed by atoms with Crippen LogP contribution >= 0.6 is 11.3 Å². The van der Waals surface area contributed by atoms with Crippen molar-refractivity contribution in [3.05, 3.63) is 80.0 Å². The van der Waals surface area contributed by atoms with E-state index in [2.05, 4.69) is 14.5 Å². The van der Waals surface area contributed by atoms with Crippen molar-refractivity contribution < 1.29 is 9.53 Å². The third kappa shape index (κ3) is 3.38. The maximum Gasteiger partial charge on any atom is 0.341 e. The quantitative estimate of drug-likeness (QED) is 0.510. The number of H-pyrrole nitrogens is 1. The van der Waals surface area contributed by atoms with Gasteiger partial charge in [-0.15, -0.1) is 11.3 Å². The van der Waals surface area contributed by atoms with E-state index in [1.807, 2.05) is 45.9 Å². The second-order valence-electron chi connectivity index (χ2n) is 7.02. The number of aromatic amines is 1. The normalized spacial score (nSPS) is 11.2. The molecule has 1 aromatic carbocycles. The van der Waals surface area contributed by atoms with Gasteiger partial charge in [0.1, 0.15) is 17.4 Å². The van der Waals surface area contributed by atoms with Crippen LogP contribution in [0.15, 0.2) is 41.2 Å². The number of ether oxygens (including phenoxy) is 1. The van der Waals surface area contributed by atoms with Gasteiger partial charge in [0.05, 0.1) is 16.5 Å². The zero-order valence-electron chi connectivity index (χ0n) is 16.7. The second-order valence-corrected chi connectivity index (χ2v) is 8.22. The average Bonchev–Trinajstić information content (AvgIpc) is 3.18. The molecule has 0 saturated carbocycles. The number of benzene rings is 1. The molecule has 3 heterocycles. The Bertz CT molecular complexity index is 1280. The van der Waals surface area contributed by atoms with E-state index in [1.165, 1.54) is 0 Å². The number of fused-ring (bicyclic) bond motifs is 1. The zero-order chi connectivity index (χ0) is 20.7. The van der Waals surface area contributed by atoms with Crippen molar-refractivity contribution in [1.29, 1.82) is 0 Å². The molecule has 0 aliphatic heterocycles. The summed E-state index contributed by atoms with van der Waals surface area (Å²) in [4.78, 5) is 33.4. The minimum Gasteiger partial charge on any atom is -0.454 e. The van der Waals surface area contributed by atoms with Crippen LogP contribution in [0.3, 0.4) is 0 Å². The van der Waals surface area contributed by atoms with Gasteiger partial charge in [-0.1, -0.05) is 12.1 Å². The molecule has 3 aromatic heterocycles. The molecule has 0 unspecified atom stereocenters. The Morgan fingerprint density at radius 1 is 1.10 bits per heavy atom. The average molecular weight is 407 g/mol. The van der Waals surface area contributed by atoms with Gasteiger partial charge in [-0.3, -0.25) is 4.79 Å². The molecule has 7 heteroatoms. The maximum absolute atomic E-state index is 13.0. The smallest absolute Gasteiger partial charge is 0.341 e. The van der Waals surface area contributed by atoms with Crippen LogP contribution in [0.1, 0.15) is 38.0 Å². The Hall–Kier alpha value is -3.19. The summed E-state index contributed by atoms with van der Waals surface area (Å²) >= 11 is 1.57. The Balaban J connectivity index is 1.66. The summed E-state index contributed by atoms with van der Waals surface area (Å²) in [6.45, 7) is 7.84. The zero-order valence-corrected chi connectivity index (χ0v) is 17.5. The highest BCUT2D eigenvalue weighted by molar-refractivity contribution is 7.15. The summed E-state index contributed by atoms with van der Waals surface area (Å²) in [6, 6.07) is 11.1. The van der Waals surface area contributed by atoms with Crippen LogP contribution in [-0.2, 0) is 11.3 Å². The van der Waals surface area contributed by atoms with Gasteiger partial charge in [-0.2, -0.15) is 0 Å². The van der Waals surface area contributed by atoms with Crippen molar-refractivity contribution >= 4 is 28.2 Å². The fourth-order valence-electron chi connectivity index (χ4n) is 3.40. The second kappa shape index (κ2) is 7.33. The van der Waals surface area contributed by atoms with Crippen LogP contribution in [0, 0.1) is 27.7 Å². The Kier molecular flexibility index (Phi) is 4.84. The van der Waals surface area contributed by atoms with E-state index in [1.54, 1.807) is 29.5 Å². The molecular weight excluding hydrogens is 386 g/mol. The number of carbonyl (C=O) groups excluding carboxylic acids is 1. The topological polar surface area (TPSA) is 77.0 Å². The number of hydrogen-bond acceptors (Lipinski definition) is 5. The number of nitrogens with zero attached hydrogens (tertiary/aromatic N) is 2.